The van der Waals surface area contributed by atoms with Crippen molar-refractivity contribution in [2.45, 2.75) is 6.92 Å². The summed E-state index contributed by atoms with van der Waals surface area (Å²) in [5.41, 5.74) is 9.08. The van der Waals surface area contributed by atoms with Crippen LogP contribution in [-0.4, -0.2) is 46.6 Å². The van der Waals surface area contributed by atoms with E-state index in [9.17, 15) is 4.79 Å². The molecule has 0 radical (unpaired) electrons. The normalized spacial score (nSPS) is 15.2. The summed E-state index contributed by atoms with van der Waals surface area (Å²) in [5.74, 6) is 0.981. The highest BCUT2D eigenvalue weighted by Crippen LogP contribution is 2.29. The van der Waals surface area contributed by atoms with E-state index < -0.39 is 0 Å². The molecule has 0 aliphatic carbocycles. The van der Waals surface area contributed by atoms with Gasteiger partial charge in [0, 0.05) is 51.0 Å². The van der Waals surface area contributed by atoms with Crippen molar-refractivity contribution in [1.29, 1.82) is 0 Å². The number of piperazine rings is 1. The minimum Gasteiger partial charge on any atom is -0.411 e. The van der Waals surface area contributed by atoms with Gasteiger partial charge in [-0.2, -0.15) is 0 Å². The van der Waals surface area contributed by atoms with Gasteiger partial charge in [0.1, 0.15) is 5.82 Å². The third-order valence-corrected chi connectivity index (χ3v) is 5.47. The lowest BCUT2D eigenvalue weighted by atomic mass is 10.1. The van der Waals surface area contributed by atoms with Crippen molar-refractivity contribution in [3.05, 3.63) is 58.5 Å². The summed E-state index contributed by atoms with van der Waals surface area (Å²) >= 11 is 0. The highest BCUT2D eigenvalue weighted by molar-refractivity contribution is 6.01. The van der Waals surface area contributed by atoms with E-state index in [1.54, 1.807) is 25.4 Å². The first kappa shape index (κ1) is 18.8. The van der Waals surface area contributed by atoms with Gasteiger partial charge >= 0.3 is 0 Å². The molecule has 1 fully saturated rings. The maximum Gasteiger partial charge on any atom is 0.198 e. The van der Waals surface area contributed by atoms with Gasteiger partial charge in [0.15, 0.2) is 5.43 Å². The van der Waals surface area contributed by atoms with E-state index in [0.29, 0.717) is 16.6 Å². The van der Waals surface area contributed by atoms with Crippen LogP contribution >= 0.6 is 0 Å². The van der Waals surface area contributed by atoms with Gasteiger partial charge in [0.05, 0.1) is 28.2 Å². The minimum absolute atomic E-state index is 0.188. The van der Waals surface area contributed by atoms with Crippen LogP contribution < -0.4 is 21.0 Å². The van der Waals surface area contributed by atoms with Crippen LogP contribution in [0, 0.1) is 0 Å². The lowest BCUT2D eigenvalue weighted by Gasteiger charge is -2.37. The summed E-state index contributed by atoms with van der Waals surface area (Å²) in [7, 11) is 1.87. The fraction of sp³-hybridized carbons (Fsp3) is 0.286. The number of hydrogen-bond acceptors (Lipinski definition) is 7. The first-order chi connectivity index (χ1) is 14.0. The van der Waals surface area contributed by atoms with E-state index in [2.05, 4.69) is 19.9 Å². The van der Waals surface area contributed by atoms with Crippen LogP contribution in [0.25, 0.3) is 10.9 Å². The van der Waals surface area contributed by atoms with Crippen LogP contribution in [-0.2, 0) is 7.05 Å². The number of fused-ring (bicyclic) bond motifs is 1. The maximum absolute atomic E-state index is 12.8. The number of nitrogens with two attached hydrogens (primary N) is 1. The molecule has 8 nitrogen and oxygen atoms in total. The molecule has 8 heteroatoms. The number of oxime groups is 1. The molecule has 0 spiro atoms. The molecule has 0 bridgehead atoms. The number of nitrogen functional groups attached to an aromatic ring is 1. The Morgan fingerprint density at radius 1 is 1.17 bits per heavy atom. The van der Waals surface area contributed by atoms with Crippen molar-refractivity contribution < 1.29 is 5.21 Å². The number of hydrogen-bond donors (Lipinski definition) is 2. The molecule has 150 valence electrons. The SMILES string of the molecule is C/C(=N\O)c1cn(C)c2cc(N3CCN(c4ccccn4)CC3)c(N)cc2c1=O. The number of benzene rings is 1. The van der Waals surface area contributed by atoms with E-state index in [-0.39, 0.29) is 11.1 Å². The Hall–Kier alpha value is -3.55. The number of anilines is 3. The van der Waals surface area contributed by atoms with Crippen LogP contribution in [0.5, 0.6) is 0 Å². The molecule has 4 rings (SSSR count). The van der Waals surface area contributed by atoms with Gasteiger partial charge in [-0.15, -0.1) is 0 Å². The summed E-state index contributed by atoms with van der Waals surface area (Å²) in [4.78, 5) is 21.8. The molecular formula is C21H24N6O2. The molecule has 1 aliphatic rings. The predicted octanol–water partition coefficient (Wildman–Crippen LogP) is 2.04. The molecule has 2 aromatic heterocycles. The van der Waals surface area contributed by atoms with E-state index >= 15 is 0 Å². The summed E-state index contributed by atoms with van der Waals surface area (Å²) in [5, 5.41) is 12.7. The number of pyridine rings is 2. The van der Waals surface area contributed by atoms with Gasteiger partial charge in [0.25, 0.3) is 0 Å². The van der Waals surface area contributed by atoms with Crippen LogP contribution in [0.3, 0.4) is 0 Å². The number of nitrogens with zero attached hydrogens (tertiary/aromatic N) is 5. The molecule has 3 aromatic rings. The molecule has 0 amide bonds. The van der Waals surface area contributed by atoms with Crippen molar-refractivity contribution in [3.63, 3.8) is 0 Å². The molecule has 3 heterocycles. The minimum atomic E-state index is -0.188. The lowest BCUT2D eigenvalue weighted by Crippen LogP contribution is -2.47. The predicted molar refractivity (Wildman–Crippen MR) is 116 cm³/mol. The van der Waals surface area contributed by atoms with E-state index in [4.69, 9.17) is 10.9 Å². The lowest BCUT2D eigenvalue weighted by molar-refractivity contribution is 0.319. The highest BCUT2D eigenvalue weighted by Gasteiger charge is 2.21. The molecule has 0 saturated carbocycles. The smallest absolute Gasteiger partial charge is 0.198 e. The Kier molecular flexibility index (Phi) is 4.84. The van der Waals surface area contributed by atoms with Gasteiger partial charge < -0.3 is 25.3 Å². The second kappa shape index (κ2) is 7.46. The van der Waals surface area contributed by atoms with Gasteiger partial charge in [-0.05, 0) is 31.2 Å². The Labute approximate surface area is 168 Å². The number of rotatable bonds is 3. The van der Waals surface area contributed by atoms with Gasteiger partial charge in [-0.25, -0.2) is 4.98 Å². The van der Waals surface area contributed by atoms with Crippen LogP contribution in [0.2, 0.25) is 0 Å². The molecule has 1 saturated heterocycles. The second-order valence-electron chi connectivity index (χ2n) is 7.26. The standard InChI is InChI=1S/C21H24N6O2/c1-14(24-29)16-13-25(2)18-12-19(17(22)11-15(18)21(16)28)26-7-9-27(10-8-26)20-5-3-4-6-23-20/h3-6,11-13,29H,7-10,22H2,1-2H3/b24-14+. The molecule has 1 aromatic carbocycles. The third-order valence-electron chi connectivity index (χ3n) is 5.47. The van der Waals surface area contributed by atoms with Gasteiger partial charge in [0.2, 0.25) is 0 Å². The molecule has 3 N–H and O–H groups in total. The Balaban J connectivity index is 1.66. The van der Waals surface area contributed by atoms with Crippen LogP contribution in [0.15, 0.2) is 52.7 Å². The summed E-state index contributed by atoms with van der Waals surface area (Å²) < 4.78 is 1.87. The Morgan fingerprint density at radius 2 is 1.90 bits per heavy atom. The van der Waals surface area contributed by atoms with Crippen molar-refractivity contribution in [3.8, 4) is 0 Å². The number of aryl methyl sites for hydroxylation is 1. The van der Waals surface area contributed by atoms with E-state index in [1.807, 2.05) is 35.9 Å². The third kappa shape index (κ3) is 3.37. The molecule has 29 heavy (non-hydrogen) atoms. The molecule has 0 unspecified atom stereocenters. The van der Waals surface area contributed by atoms with E-state index in [1.165, 1.54) is 0 Å². The maximum atomic E-state index is 12.8. The summed E-state index contributed by atoms with van der Waals surface area (Å²) in [6, 6.07) is 9.63. The Morgan fingerprint density at radius 3 is 2.55 bits per heavy atom. The quantitative estimate of drug-likeness (QED) is 0.306. The van der Waals surface area contributed by atoms with Gasteiger partial charge in [-0.1, -0.05) is 11.2 Å². The molecular weight excluding hydrogens is 368 g/mol. The van der Waals surface area contributed by atoms with Crippen LogP contribution in [0.4, 0.5) is 17.2 Å². The zero-order chi connectivity index (χ0) is 20.5. The summed E-state index contributed by atoms with van der Waals surface area (Å²) in [6.45, 7) is 4.92. The second-order valence-corrected chi connectivity index (χ2v) is 7.26. The first-order valence-electron chi connectivity index (χ1n) is 9.52. The van der Waals surface area contributed by atoms with Crippen molar-refractivity contribution in [2.75, 3.05) is 41.7 Å². The topological polar surface area (TPSA) is 100.0 Å². The largest absolute Gasteiger partial charge is 0.411 e. The molecule has 0 atom stereocenters. The first-order valence-corrected chi connectivity index (χ1v) is 9.52. The van der Waals surface area contributed by atoms with Crippen molar-refractivity contribution in [2.24, 2.45) is 12.2 Å². The summed E-state index contributed by atoms with van der Waals surface area (Å²) in [6.07, 6.45) is 3.50. The zero-order valence-corrected chi connectivity index (χ0v) is 16.5. The molecule has 1 aliphatic heterocycles. The number of aromatic nitrogens is 2. The fourth-order valence-corrected chi connectivity index (χ4v) is 3.84. The monoisotopic (exact) mass is 392 g/mol. The van der Waals surface area contributed by atoms with E-state index in [0.717, 1.165) is 43.2 Å². The van der Waals surface area contributed by atoms with Crippen molar-refractivity contribution in [1.82, 2.24) is 9.55 Å². The van der Waals surface area contributed by atoms with Crippen molar-refractivity contribution >= 4 is 33.8 Å². The highest BCUT2D eigenvalue weighted by atomic mass is 16.4. The van der Waals surface area contributed by atoms with Gasteiger partial charge in [-0.3, -0.25) is 4.79 Å². The Bertz CT molecular complexity index is 1130. The fourth-order valence-electron chi connectivity index (χ4n) is 3.84. The average molecular weight is 392 g/mol. The average Bonchev–Trinajstić information content (AvgIpc) is 2.76. The zero-order valence-electron chi connectivity index (χ0n) is 16.5. The van der Waals surface area contributed by atoms with Crippen LogP contribution in [0.1, 0.15) is 12.5 Å².